The Bertz CT molecular complexity index is 745. The summed E-state index contributed by atoms with van der Waals surface area (Å²) in [5.41, 5.74) is 0.863. The Labute approximate surface area is 140 Å². The van der Waals surface area contributed by atoms with Gasteiger partial charge in [0.25, 0.3) is 0 Å². The van der Waals surface area contributed by atoms with Crippen LogP contribution < -0.4 is 4.90 Å². The first kappa shape index (κ1) is 15.4. The van der Waals surface area contributed by atoms with E-state index in [2.05, 4.69) is 26.9 Å². The number of likely N-dealkylation sites (tertiary alicyclic amines) is 1. The number of anilines is 1. The zero-order valence-electron chi connectivity index (χ0n) is 13.9. The van der Waals surface area contributed by atoms with Crippen LogP contribution in [0.15, 0.2) is 18.6 Å². The van der Waals surface area contributed by atoms with Gasteiger partial charge in [0.15, 0.2) is 0 Å². The molecule has 0 spiro atoms. The number of nitrogens with one attached hydrogen (secondary N) is 1. The molecule has 3 unspecified atom stereocenters. The average molecular weight is 329 g/mol. The first-order valence-corrected chi connectivity index (χ1v) is 8.57. The molecule has 1 amide bonds. The molecule has 7 nitrogen and oxygen atoms in total. The molecule has 0 bridgehead atoms. The second-order valence-corrected chi connectivity index (χ2v) is 6.98. The number of amides is 1. The normalized spacial score (nSPS) is 26.6. The number of aromatic nitrogens is 3. The number of hydrogen-bond donors (Lipinski definition) is 2. The summed E-state index contributed by atoms with van der Waals surface area (Å²) in [6.45, 7) is 1.16. The molecule has 0 aromatic carbocycles. The number of fused-ring (bicyclic) bond motifs is 2. The van der Waals surface area contributed by atoms with Gasteiger partial charge in [-0.15, -0.1) is 0 Å². The Morgan fingerprint density at radius 1 is 1.42 bits per heavy atom. The predicted molar refractivity (Wildman–Crippen MR) is 90.6 cm³/mol. The maximum Gasteiger partial charge on any atom is 0.248 e. The van der Waals surface area contributed by atoms with Crippen molar-refractivity contribution in [2.45, 2.75) is 25.3 Å². The molecule has 2 aromatic heterocycles. The zero-order valence-corrected chi connectivity index (χ0v) is 13.9. The molecule has 1 saturated carbocycles. The third-order valence-corrected chi connectivity index (χ3v) is 5.74. The Kier molecular flexibility index (Phi) is 3.88. The van der Waals surface area contributed by atoms with Gasteiger partial charge in [-0.05, 0) is 37.2 Å². The van der Waals surface area contributed by atoms with Crippen LogP contribution in [0.3, 0.4) is 0 Å². The number of piperidine rings is 1. The smallest absolute Gasteiger partial charge is 0.248 e. The molecule has 7 heteroatoms. The number of aliphatic hydroxyl groups is 1. The summed E-state index contributed by atoms with van der Waals surface area (Å²) in [4.78, 5) is 27.7. The lowest BCUT2D eigenvalue weighted by molar-refractivity contribution is -0.136. The van der Waals surface area contributed by atoms with E-state index in [4.69, 9.17) is 5.11 Å². The van der Waals surface area contributed by atoms with Crippen molar-refractivity contribution < 1.29 is 9.90 Å². The molecule has 3 atom stereocenters. The van der Waals surface area contributed by atoms with E-state index in [1.807, 2.05) is 17.2 Å². The van der Waals surface area contributed by atoms with Gasteiger partial charge in [-0.3, -0.25) is 4.79 Å². The van der Waals surface area contributed by atoms with Crippen molar-refractivity contribution >= 4 is 22.8 Å². The third kappa shape index (κ3) is 2.53. The van der Waals surface area contributed by atoms with E-state index in [0.717, 1.165) is 49.2 Å². The van der Waals surface area contributed by atoms with Gasteiger partial charge in [-0.25, -0.2) is 9.97 Å². The largest absolute Gasteiger partial charge is 0.387 e. The highest BCUT2D eigenvalue weighted by Crippen LogP contribution is 2.41. The maximum atomic E-state index is 11.8. The molecule has 2 aliphatic rings. The van der Waals surface area contributed by atoms with Crippen molar-refractivity contribution in [3.63, 3.8) is 0 Å². The average Bonchev–Trinajstić information content (AvgIpc) is 3.25. The van der Waals surface area contributed by atoms with E-state index in [1.54, 1.807) is 6.33 Å². The standard InChI is InChI=1S/C17H23N5O2/c1-21(17-14-2-4-18-16(14)19-10-20-17)13-6-11-3-5-22(15(24)9-23)8-12(11)7-13/h2,4,10-13,23H,3,5-9H2,1H3,(H,18,19,20). The number of hydrogen-bond acceptors (Lipinski definition) is 5. The molecule has 2 fully saturated rings. The Morgan fingerprint density at radius 2 is 2.25 bits per heavy atom. The highest BCUT2D eigenvalue weighted by Gasteiger charge is 2.40. The number of carbonyl (C=O) groups is 1. The van der Waals surface area contributed by atoms with Gasteiger partial charge < -0.3 is 19.9 Å². The molecule has 128 valence electrons. The monoisotopic (exact) mass is 329 g/mol. The van der Waals surface area contributed by atoms with Crippen molar-refractivity contribution in [1.82, 2.24) is 19.9 Å². The predicted octanol–water partition coefficient (Wildman–Crippen LogP) is 1.01. The summed E-state index contributed by atoms with van der Waals surface area (Å²) in [5, 5.41) is 10.1. The van der Waals surface area contributed by atoms with Gasteiger partial charge in [-0.1, -0.05) is 0 Å². The molecular formula is C17H23N5O2. The van der Waals surface area contributed by atoms with Gasteiger partial charge in [0, 0.05) is 32.4 Å². The lowest BCUT2D eigenvalue weighted by atomic mass is 9.89. The zero-order chi connectivity index (χ0) is 16.7. The summed E-state index contributed by atoms with van der Waals surface area (Å²) < 4.78 is 0. The fourth-order valence-electron chi connectivity index (χ4n) is 4.41. The van der Waals surface area contributed by atoms with Gasteiger partial charge in [0.1, 0.15) is 24.4 Å². The van der Waals surface area contributed by atoms with E-state index in [-0.39, 0.29) is 12.5 Å². The van der Waals surface area contributed by atoms with Gasteiger partial charge in [0.2, 0.25) is 5.91 Å². The second-order valence-electron chi connectivity index (χ2n) is 6.98. The number of rotatable bonds is 3. The van der Waals surface area contributed by atoms with Gasteiger partial charge in [-0.2, -0.15) is 0 Å². The lowest BCUT2D eigenvalue weighted by Crippen LogP contribution is -2.43. The molecule has 2 N–H and O–H groups in total. The van der Waals surface area contributed by atoms with E-state index in [0.29, 0.717) is 17.9 Å². The Balaban J connectivity index is 1.50. The molecule has 1 saturated heterocycles. The van der Waals surface area contributed by atoms with Crippen molar-refractivity contribution in [3.05, 3.63) is 18.6 Å². The highest BCUT2D eigenvalue weighted by molar-refractivity contribution is 5.87. The number of H-pyrrole nitrogens is 1. The summed E-state index contributed by atoms with van der Waals surface area (Å²) in [6, 6.07) is 2.45. The second kappa shape index (κ2) is 6.05. The minimum atomic E-state index is -0.382. The van der Waals surface area contributed by atoms with Crippen molar-refractivity contribution in [3.8, 4) is 0 Å². The van der Waals surface area contributed by atoms with E-state index >= 15 is 0 Å². The fourth-order valence-corrected chi connectivity index (χ4v) is 4.41. The molecule has 3 heterocycles. The lowest BCUT2D eigenvalue weighted by Gasteiger charge is -2.34. The molecule has 0 radical (unpaired) electrons. The van der Waals surface area contributed by atoms with E-state index < -0.39 is 0 Å². The Morgan fingerprint density at radius 3 is 3.08 bits per heavy atom. The fraction of sp³-hybridized carbons (Fsp3) is 0.588. The highest BCUT2D eigenvalue weighted by atomic mass is 16.3. The van der Waals surface area contributed by atoms with Crippen LogP contribution in [-0.4, -0.2) is 63.7 Å². The molecule has 24 heavy (non-hydrogen) atoms. The number of nitrogens with zero attached hydrogens (tertiary/aromatic N) is 4. The van der Waals surface area contributed by atoms with Crippen LogP contribution in [-0.2, 0) is 4.79 Å². The van der Waals surface area contributed by atoms with Crippen LogP contribution in [0.1, 0.15) is 19.3 Å². The van der Waals surface area contributed by atoms with Gasteiger partial charge >= 0.3 is 0 Å². The third-order valence-electron chi connectivity index (χ3n) is 5.74. The minimum Gasteiger partial charge on any atom is -0.387 e. The molecular weight excluding hydrogens is 306 g/mol. The first-order valence-electron chi connectivity index (χ1n) is 8.57. The SMILES string of the molecule is CN(c1ncnc2[nH]ccc12)C1CC2CCN(C(=O)CO)CC2C1. The van der Waals surface area contributed by atoms with Crippen LogP contribution in [0, 0.1) is 11.8 Å². The van der Waals surface area contributed by atoms with Crippen molar-refractivity contribution in [2.24, 2.45) is 11.8 Å². The number of aromatic amines is 1. The van der Waals surface area contributed by atoms with Crippen molar-refractivity contribution in [2.75, 3.05) is 31.6 Å². The quantitative estimate of drug-likeness (QED) is 0.878. The molecule has 1 aliphatic heterocycles. The van der Waals surface area contributed by atoms with E-state index in [1.165, 1.54) is 0 Å². The topological polar surface area (TPSA) is 85.4 Å². The van der Waals surface area contributed by atoms with Crippen LogP contribution >= 0.6 is 0 Å². The molecule has 1 aliphatic carbocycles. The summed E-state index contributed by atoms with van der Waals surface area (Å²) in [7, 11) is 2.10. The van der Waals surface area contributed by atoms with Crippen LogP contribution in [0.25, 0.3) is 11.0 Å². The number of aliphatic hydroxyl groups excluding tert-OH is 1. The Hall–Kier alpha value is -2.15. The minimum absolute atomic E-state index is 0.143. The van der Waals surface area contributed by atoms with Crippen LogP contribution in [0.5, 0.6) is 0 Å². The van der Waals surface area contributed by atoms with Crippen molar-refractivity contribution in [1.29, 1.82) is 0 Å². The maximum absolute atomic E-state index is 11.8. The number of carbonyl (C=O) groups excluding carboxylic acids is 1. The summed E-state index contributed by atoms with van der Waals surface area (Å²) >= 11 is 0. The molecule has 4 rings (SSSR count). The van der Waals surface area contributed by atoms with Crippen LogP contribution in [0.4, 0.5) is 5.82 Å². The van der Waals surface area contributed by atoms with Gasteiger partial charge in [0.05, 0.1) is 5.39 Å². The summed E-state index contributed by atoms with van der Waals surface area (Å²) in [6.07, 6.45) is 6.73. The molecule has 2 aromatic rings. The van der Waals surface area contributed by atoms with Crippen LogP contribution in [0.2, 0.25) is 0 Å². The van der Waals surface area contributed by atoms with E-state index in [9.17, 15) is 4.79 Å². The summed E-state index contributed by atoms with van der Waals surface area (Å²) in [5.74, 6) is 2.00. The first-order chi connectivity index (χ1) is 11.7.